The van der Waals surface area contributed by atoms with Crippen molar-refractivity contribution in [1.82, 2.24) is 0 Å². The molecule has 0 aromatic heterocycles. The molecule has 2 heteroatoms. The van der Waals surface area contributed by atoms with E-state index in [0.717, 1.165) is 12.8 Å². The second-order valence-electron chi connectivity index (χ2n) is 6.05. The standard InChI is InChI=1S/C16H28O2/c17-16-14-12-10-8-6-4-2-1-3-5-7-9-11-13-15(14)18-16/h14-15H,1-13H2. The lowest BCUT2D eigenvalue weighted by Gasteiger charge is -2.35. The van der Waals surface area contributed by atoms with Crippen molar-refractivity contribution in [2.75, 3.05) is 0 Å². The minimum Gasteiger partial charge on any atom is -0.461 e. The summed E-state index contributed by atoms with van der Waals surface area (Å²) >= 11 is 0. The van der Waals surface area contributed by atoms with E-state index in [-0.39, 0.29) is 18.0 Å². The number of fused-ring (bicyclic) bond motifs is 1. The molecule has 1 aliphatic carbocycles. The molecule has 1 aliphatic heterocycles. The maximum atomic E-state index is 11.4. The third-order valence-electron chi connectivity index (χ3n) is 4.52. The number of ether oxygens (including phenoxy) is 1. The molecule has 0 amide bonds. The summed E-state index contributed by atoms with van der Waals surface area (Å²) in [4.78, 5) is 11.4. The molecule has 1 heterocycles. The molecule has 0 bridgehead atoms. The first-order valence-electron chi connectivity index (χ1n) is 8.08. The van der Waals surface area contributed by atoms with E-state index in [0.29, 0.717) is 0 Å². The van der Waals surface area contributed by atoms with Crippen LogP contribution in [0.5, 0.6) is 0 Å². The van der Waals surface area contributed by atoms with E-state index in [1.807, 2.05) is 0 Å². The zero-order chi connectivity index (χ0) is 12.6. The molecular weight excluding hydrogens is 224 g/mol. The maximum absolute atomic E-state index is 11.4. The van der Waals surface area contributed by atoms with E-state index in [2.05, 4.69) is 0 Å². The van der Waals surface area contributed by atoms with Crippen LogP contribution in [0.4, 0.5) is 0 Å². The molecule has 0 N–H and O–H groups in total. The molecule has 0 aromatic carbocycles. The Bertz CT molecular complexity index is 249. The lowest BCUT2D eigenvalue weighted by Crippen LogP contribution is -2.44. The molecule has 2 atom stereocenters. The van der Waals surface area contributed by atoms with Crippen LogP contribution in [0.1, 0.15) is 83.5 Å². The van der Waals surface area contributed by atoms with Crippen LogP contribution in [0.15, 0.2) is 0 Å². The zero-order valence-corrected chi connectivity index (χ0v) is 11.7. The zero-order valence-electron chi connectivity index (χ0n) is 11.7. The quantitative estimate of drug-likeness (QED) is 0.588. The molecule has 2 unspecified atom stereocenters. The average Bonchev–Trinajstić information content (AvgIpc) is 2.37. The second-order valence-corrected chi connectivity index (χ2v) is 6.05. The fourth-order valence-electron chi connectivity index (χ4n) is 3.26. The van der Waals surface area contributed by atoms with E-state index in [9.17, 15) is 4.79 Å². The normalized spacial score (nSPS) is 32.3. The Kier molecular flexibility index (Phi) is 6.02. The third kappa shape index (κ3) is 4.29. The SMILES string of the molecule is O=C1OC2CCCCCCCCCCCCCC12. The molecule has 2 fully saturated rings. The summed E-state index contributed by atoms with van der Waals surface area (Å²) in [5.74, 6) is 0.319. The van der Waals surface area contributed by atoms with Crippen molar-refractivity contribution in [1.29, 1.82) is 0 Å². The summed E-state index contributed by atoms with van der Waals surface area (Å²) in [6.07, 6.45) is 17.3. The van der Waals surface area contributed by atoms with Gasteiger partial charge in [-0.3, -0.25) is 4.79 Å². The highest BCUT2D eigenvalue weighted by Gasteiger charge is 2.40. The predicted molar refractivity (Wildman–Crippen MR) is 73.4 cm³/mol. The fourth-order valence-corrected chi connectivity index (χ4v) is 3.26. The van der Waals surface area contributed by atoms with Crippen LogP contribution in [-0.2, 0) is 9.53 Å². The second kappa shape index (κ2) is 7.81. The van der Waals surface area contributed by atoms with Crippen LogP contribution in [0.2, 0.25) is 0 Å². The van der Waals surface area contributed by atoms with Gasteiger partial charge in [-0.05, 0) is 19.3 Å². The first kappa shape index (κ1) is 13.9. The van der Waals surface area contributed by atoms with Gasteiger partial charge in [-0.2, -0.15) is 0 Å². The molecule has 2 rings (SSSR count). The monoisotopic (exact) mass is 252 g/mol. The van der Waals surface area contributed by atoms with E-state index < -0.39 is 0 Å². The largest absolute Gasteiger partial charge is 0.461 e. The van der Waals surface area contributed by atoms with Crippen LogP contribution in [-0.4, -0.2) is 12.1 Å². The van der Waals surface area contributed by atoms with Crippen LogP contribution in [0, 0.1) is 5.92 Å². The van der Waals surface area contributed by atoms with E-state index in [4.69, 9.17) is 4.74 Å². The Morgan fingerprint density at radius 3 is 1.61 bits per heavy atom. The fraction of sp³-hybridized carbons (Fsp3) is 0.938. The van der Waals surface area contributed by atoms with Crippen LogP contribution in [0.25, 0.3) is 0 Å². The van der Waals surface area contributed by atoms with Gasteiger partial charge >= 0.3 is 5.97 Å². The lowest BCUT2D eigenvalue weighted by atomic mass is 9.87. The van der Waals surface area contributed by atoms with Gasteiger partial charge in [0.2, 0.25) is 0 Å². The van der Waals surface area contributed by atoms with Gasteiger partial charge in [0, 0.05) is 0 Å². The first-order chi connectivity index (χ1) is 8.88. The van der Waals surface area contributed by atoms with Crippen LogP contribution >= 0.6 is 0 Å². The summed E-state index contributed by atoms with van der Waals surface area (Å²) < 4.78 is 5.29. The highest BCUT2D eigenvalue weighted by molar-refractivity contribution is 5.78. The van der Waals surface area contributed by atoms with Gasteiger partial charge in [0.05, 0.1) is 5.92 Å². The summed E-state index contributed by atoms with van der Waals surface area (Å²) in [5.41, 5.74) is 0. The molecule has 18 heavy (non-hydrogen) atoms. The first-order valence-corrected chi connectivity index (χ1v) is 8.08. The minimum atomic E-state index is 0.0734. The molecule has 0 aromatic rings. The predicted octanol–water partition coefficient (Wildman–Crippen LogP) is 4.61. The van der Waals surface area contributed by atoms with Crippen molar-refractivity contribution in [2.24, 2.45) is 5.92 Å². The van der Waals surface area contributed by atoms with Gasteiger partial charge in [-0.15, -0.1) is 0 Å². The van der Waals surface area contributed by atoms with E-state index in [1.54, 1.807) is 0 Å². The van der Waals surface area contributed by atoms with Gasteiger partial charge in [0.25, 0.3) is 0 Å². The molecule has 1 saturated carbocycles. The molecule has 2 nitrogen and oxygen atoms in total. The molecular formula is C16H28O2. The number of esters is 1. The van der Waals surface area contributed by atoms with E-state index >= 15 is 0 Å². The van der Waals surface area contributed by atoms with Gasteiger partial charge in [-0.1, -0.05) is 64.2 Å². The Labute approximate surface area is 111 Å². The smallest absolute Gasteiger partial charge is 0.313 e. The lowest BCUT2D eigenvalue weighted by molar-refractivity contribution is -0.186. The highest BCUT2D eigenvalue weighted by Crippen LogP contribution is 2.31. The third-order valence-corrected chi connectivity index (χ3v) is 4.52. The summed E-state index contributed by atoms with van der Waals surface area (Å²) in [6.45, 7) is 0. The van der Waals surface area contributed by atoms with Crippen LogP contribution in [0.3, 0.4) is 0 Å². The number of carbonyl (C=O) groups is 1. The highest BCUT2D eigenvalue weighted by atomic mass is 16.6. The summed E-state index contributed by atoms with van der Waals surface area (Å²) in [5, 5.41) is 0. The number of rotatable bonds is 0. The Morgan fingerprint density at radius 1 is 0.667 bits per heavy atom. The van der Waals surface area contributed by atoms with Gasteiger partial charge in [-0.25, -0.2) is 0 Å². The number of hydrogen-bond acceptors (Lipinski definition) is 2. The minimum absolute atomic E-state index is 0.0734. The summed E-state index contributed by atoms with van der Waals surface area (Å²) in [7, 11) is 0. The molecule has 2 aliphatic rings. The van der Waals surface area contributed by atoms with Gasteiger partial charge < -0.3 is 4.74 Å². The van der Waals surface area contributed by atoms with Gasteiger partial charge in [0.15, 0.2) is 0 Å². The Hall–Kier alpha value is -0.530. The maximum Gasteiger partial charge on any atom is 0.313 e. The summed E-state index contributed by atoms with van der Waals surface area (Å²) in [6, 6.07) is 0. The van der Waals surface area contributed by atoms with Crippen molar-refractivity contribution < 1.29 is 9.53 Å². The average molecular weight is 252 g/mol. The molecule has 104 valence electrons. The van der Waals surface area contributed by atoms with E-state index in [1.165, 1.54) is 70.6 Å². The Morgan fingerprint density at radius 2 is 1.11 bits per heavy atom. The molecule has 0 radical (unpaired) electrons. The van der Waals surface area contributed by atoms with Crippen molar-refractivity contribution in [2.45, 2.75) is 89.6 Å². The molecule has 0 spiro atoms. The van der Waals surface area contributed by atoms with Crippen molar-refractivity contribution in [3.8, 4) is 0 Å². The topological polar surface area (TPSA) is 26.3 Å². The Balaban J connectivity index is 1.71. The van der Waals surface area contributed by atoms with Crippen molar-refractivity contribution >= 4 is 5.97 Å². The van der Waals surface area contributed by atoms with Crippen molar-refractivity contribution in [3.05, 3.63) is 0 Å². The van der Waals surface area contributed by atoms with Gasteiger partial charge in [0.1, 0.15) is 6.10 Å². The number of hydrogen-bond donors (Lipinski definition) is 0. The van der Waals surface area contributed by atoms with Crippen LogP contribution < -0.4 is 0 Å². The molecule has 1 saturated heterocycles. The van der Waals surface area contributed by atoms with Crippen molar-refractivity contribution in [3.63, 3.8) is 0 Å². The number of carbonyl (C=O) groups excluding carboxylic acids is 1.